The number of sulfone groups is 1. The van der Waals surface area contributed by atoms with Crippen molar-refractivity contribution in [3.05, 3.63) is 53.2 Å². The first-order valence-corrected chi connectivity index (χ1v) is 12.0. The molecule has 1 saturated carbocycles. The first-order valence-electron chi connectivity index (χ1n) is 9.22. The van der Waals surface area contributed by atoms with E-state index in [1.807, 2.05) is 17.5 Å². The third-order valence-electron chi connectivity index (χ3n) is 4.83. The van der Waals surface area contributed by atoms with Crippen LogP contribution in [-0.2, 0) is 9.84 Å². The predicted octanol–water partition coefficient (Wildman–Crippen LogP) is 3.88. The third kappa shape index (κ3) is 3.48. The van der Waals surface area contributed by atoms with Crippen LogP contribution in [0.5, 0.6) is 0 Å². The van der Waals surface area contributed by atoms with Crippen LogP contribution in [0, 0.1) is 0 Å². The lowest BCUT2D eigenvalue weighted by Crippen LogP contribution is -2.14. The van der Waals surface area contributed by atoms with Gasteiger partial charge in [0.1, 0.15) is 0 Å². The molecule has 0 radical (unpaired) electrons. The topological polar surface area (TPSA) is 115 Å². The molecule has 1 fully saturated rings. The van der Waals surface area contributed by atoms with E-state index in [4.69, 9.17) is 4.52 Å². The van der Waals surface area contributed by atoms with Crippen LogP contribution in [0.15, 0.2) is 51.5 Å². The summed E-state index contributed by atoms with van der Waals surface area (Å²) in [5.41, 5.74) is 2.52. The van der Waals surface area contributed by atoms with Gasteiger partial charge in [-0.1, -0.05) is 11.2 Å². The Morgan fingerprint density at radius 3 is 2.73 bits per heavy atom. The maximum atomic E-state index is 13.2. The number of thiophene rings is 1. The van der Waals surface area contributed by atoms with Gasteiger partial charge in [0.2, 0.25) is 0 Å². The second kappa shape index (κ2) is 6.99. The van der Waals surface area contributed by atoms with Gasteiger partial charge < -0.3 is 9.84 Å². The highest BCUT2D eigenvalue weighted by Crippen LogP contribution is 2.43. The zero-order valence-electron chi connectivity index (χ0n) is 15.8. The van der Waals surface area contributed by atoms with Crippen LogP contribution in [0.3, 0.4) is 0 Å². The molecular formula is C20H16N4O4S2. The van der Waals surface area contributed by atoms with Gasteiger partial charge in [-0.2, -0.15) is 0 Å². The number of pyridine rings is 2. The molecule has 5 rings (SSSR count). The average Bonchev–Trinajstić information content (AvgIpc) is 3.24. The summed E-state index contributed by atoms with van der Waals surface area (Å²) in [6, 6.07) is 8.45. The molecule has 4 heterocycles. The Kier molecular flexibility index (Phi) is 4.40. The van der Waals surface area contributed by atoms with Gasteiger partial charge in [-0.3, -0.25) is 4.79 Å². The molecule has 1 amide bonds. The Balaban J connectivity index is 1.56. The summed E-state index contributed by atoms with van der Waals surface area (Å²) in [4.78, 5) is 22.6. The van der Waals surface area contributed by atoms with Crippen molar-refractivity contribution < 1.29 is 17.7 Å². The minimum absolute atomic E-state index is 0.0539. The Morgan fingerprint density at radius 1 is 1.27 bits per heavy atom. The number of nitrogens with one attached hydrogen (secondary N) is 1. The van der Waals surface area contributed by atoms with E-state index in [1.165, 1.54) is 29.7 Å². The maximum absolute atomic E-state index is 13.2. The summed E-state index contributed by atoms with van der Waals surface area (Å²) in [6.07, 6.45) is 4.42. The van der Waals surface area contributed by atoms with E-state index in [1.54, 1.807) is 6.07 Å². The predicted molar refractivity (Wildman–Crippen MR) is 112 cm³/mol. The van der Waals surface area contributed by atoms with E-state index >= 15 is 0 Å². The number of hydrogen-bond acceptors (Lipinski definition) is 8. The number of aromatic nitrogens is 3. The minimum atomic E-state index is -3.41. The van der Waals surface area contributed by atoms with E-state index in [9.17, 15) is 13.2 Å². The number of hydrogen-bond donors (Lipinski definition) is 1. The molecule has 0 atom stereocenters. The maximum Gasteiger partial charge on any atom is 0.259 e. The molecule has 1 N–H and O–H groups in total. The monoisotopic (exact) mass is 440 g/mol. The van der Waals surface area contributed by atoms with E-state index in [-0.39, 0.29) is 16.9 Å². The lowest BCUT2D eigenvalue weighted by Gasteiger charge is -2.08. The van der Waals surface area contributed by atoms with E-state index in [0.717, 1.165) is 29.7 Å². The van der Waals surface area contributed by atoms with E-state index in [0.29, 0.717) is 28.0 Å². The second-order valence-corrected chi connectivity index (χ2v) is 10.1. The van der Waals surface area contributed by atoms with Gasteiger partial charge >= 0.3 is 0 Å². The van der Waals surface area contributed by atoms with Crippen LogP contribution in [0.1, 0.15) is 34.8 Å². The Labute approximate surface area is 175 Å². The fourth-order valence-corrected chi connectivity index (χ4v) is 4.46. The normalized spacial score (nSPS) is 14.2. The van der Waals surface area contributed by atoms with Crippen LogP contribution >= 0.6 is 11.3 Å². The lowest BCUT2D eigenvalue weighted by atomic mass is 10.1. The van der Waals surface area contributed by atoms with Crippen LogP contribution in [0.25, 0.3) is 21.7 Å². The van der Waals surface area contributed by atoms with Crippen molar-refractivity contribution in [2.45, 2.75) is 23.8 Å². The summed E-state index contributed by atoms with van der Waals surface area (Å²) >= 11 is 1.52. The van der Waals surface area contributed by atoms with Gasteiger partial charge in [0.05, 0.1) is 39.1 Å². The molecule has 30 heavy (non-hydrogen) atoms. The lowest BCUT2D eigenvalue weighted by molar-refractivity contribution is 0.102. The van der Waals surface area contributed by atoms with Crippen molar-refractivity contribution in [3.8, 4) is 10.6 Å². The number of anilines is 1. The molecular weight excluding hydrogens is 424 g/mol. The summed E-state index contributed by atoms with van der Waals surface area (Å²) in [6.45, 7) is 0. The molecule has 0 spiro atoms. The van der Waals surface area contributed by atoms with Gasteiger partial charge in [0, 0.05) is 12.2 Å². The molecule has 8 nitrogen and oxygen atoms in total. The Morgan fingerprint density at radius 2 is 2.10 bits per heavy atom. The first-order chi connectivity index (χ1) is 14.4. The van der Waals surface area contributed by atoms with E-state index < -0.39 is 9.84 Å². The van der Waals surface area contributed by atoms with Crippen molar-refractivity contribution in [3.63, 3.8) is 0 Å². The van der Waals surface area contributed by atoms with Crippen LogP contribution < -0.4 is 5.32 Å². The molecule has 0 aromatic carbocycles. The standard InChI is InChI=1S/C20H16N4O4S2/c1-30(26,27)16-7-6-12(10-21-16)22-19(25)13-9-14(15-3-2-8-29-15)23-20-17(13)18(24-28-20)11-4-5-11/h2-3,6-11H,4-5H2,1H3,(H,22,25). The van der Waals surface area contributed by atoms with Gasteiger partial charge in [-0.15, -0.1) is 11.3 Å². The minimum Gasteiger partial charge on any atom is -0.335 e. The van der Waals surface area contributed by atoms with Gasteiger partial charge in [-0.25, -0.2) is 18.4 Å². The van der Waals surface area contributed by atoms with Crippen molar-refractivity contribution in [1.29, 1.82) is 0 Å². The van der Waals surface area contributed by atoms with Crippen molar-refractivity contribution >= 4 is 43.9 Å². The number of carbonyl (C=O) groups excluding carboxylic acids is 1. The zero-order chi connectivity index (χ0) is 20.9. The fraction of sp³-hybridized carbons (Fsp3) is 0.200. The molecule has 4 aromatic heterocycles. The average molecular weight is 441 g/mol. The molecule has 152 valence electrons. The highest BCUT2D eigenvalue weighted by Gasteiger charge is 2.32. The third-order valence-corrected chi connectivity index (χ3v) is 6.72. The summed E-state index contributed by atoms with van der Waals surface area (Å²) in [5, 5.41) is 9.47. The van der Waals surface area contributed by atoms with Gasteiger partial charge in [0.25, 0.3) is 11.6 Å². The fourth-order valence-electron chi connectivity index (χ4n) is 3.21. The highest BCUT2D eigenvalue weighted by molar-refractivity contribution is 7.90. The number of amides is 1. The smallest absolute Gasteiger partial charge is 0.259 e. The highest BCUT2D eigenvalue weighted by atomic mass is 32.2. The molecule has 0 aliphatic heterocycles. The largest absolute Gasteiger partial charge is 0.335 e. The second-order valence-electron chi connectivity index (χ2n) is 7.17. The number of carbonyl (C=O) groups is 1. The number of nitrogens with zero attached hydrogens (tertiary/aromatic N) is 3. The number of rotatable bonds is 5. The summed E-state index contributed by atoms with van der Waals surface area (Å²) in [7, 11) is -3.41. The van der Waals surface area contributed by atoms with Gasteiger partial charge in [0.15, 0.2) is 14.9 Å². The molecule has 1 aliphatic carbocycles. The van der Waals surface area contributed by atoms with Crippen molar-refractivity contribution in [2.75, 3.05) is 11.6 Å². The number of fused-ring (bicyclic) bond motifs is 1. The van der Waals surface area contributed by atoms with Gasteiger partial charge in [-0.05, 0) is 42.5 Å². The molecule has 0 unspecified atom stereocenters. The molecule has 10 heteroatoms. The summed E-state index contributed by atoms with van der Waals surface area (Å²) in [5.74, 6) is -0.0814. The Hall–Kier alpha value is -3.11. The first kappa shape index (κ1) is 18.9. The van der Waals surface area contributed by atoms with E-state index in [2.05, 4.69) is 20.4 Å². The summed E-state index contributed by atoms with van der Waals surface area (Å²) < 4.78 is 28.6. The van der Waals surface area contributed by atoms with Crippen molar-refractivity contribution in [1.82, 2.24) is 15.1 Å². The zero-order valence-corrected chi connectivity index (χ0v) is 17.5. The SMILES string of the molecule is CS(=O)(=O)c1ccc(NC(=O)c2cc(-c3cccs3)nc3onc(C4CC4)c23)cn1. The quantitative estimate of drug-likeness (QED) is 0.501. The molecule has 4 aromatic rings. The molecule has 1 aliphatic rings. The Bertz CT molecular complexity index is 1360. The van der Waals surface area contributed by atoms with Crippen molar-refractivity contribution in [2.24, 2.45) is 0 Å². The van der Waals surface area contributed by atoms with Crippen LogP contribution in [0.2, 0.25) is 0 Å². The van der Waals surface area contributed by atoms with Crippen LogP contribution in [-0.4, -0.2) is 35.7 Å². The molecule has 0 bridgehead atoms. The van der Waals surface area contributed by atoms with Crippen LogP contribution in [0.4, 0.5) is 5.69 Å². The molecule has 0 saturated heterocycles.